The van der Waals surface area contributed by atoms with Crippen LogP contribution < -0.4 is 5.32 Å². The van der Waals surface area contributed by atoms with Crippen molar-refractivity contribution in [3.63, 3.8) is 0 Å². The van der Waals surface area contributed by atoms with Crippen molar-refractivity contribution in [2.45, 2.75) is 38.8 Å². The van der Waals surface area contributed by atoms with Crippen LogP contribution in [0.25, 0.3) is 0 Å². The first kappa shape index (κ1) is 16.9. The Hall–Kier alpha value is -2.17. The van der Waals surface area contributed by atoms with Crippen molar-refractivity contribution in [2.75, 3.05) is 7.11 Å². The number of phenolic OH excluding ortho intramolecular Hbond substituents is 1. The van der Waals surface area contributed by atoms with Crippen molar-refractivity contribution in [1.29, 1.82) is 0 Å². The van der Waals surface area contributed by atoms with Gasteiger partial charge < -0.3 is 19.9 Å². The molecule has 0 amide bonds. The molecule has 21 heavy (non-hydrogen) atoms. The molecule has 0 saturated heterocycles. The first-order valence-corrected chi connectivity index (χ1v) is 6.71. The van der Waals surface area contributed by atoms with Crippen molar-refractivity contribution in [2.24, 2.45) is 0 Å². The summed E-state index contributed by atoms with van der Waals surface area (Å²) in [6.45, 7) is 9.44. The number of benzene rings is 1. The molecule has 0 saturated carbocycles. The minimum atomic E-state index is -0.633. The van der Waals surface area contributed by atoms with E-state index in [9.17, 15) is 9.90 Å². The van der Waals surface area contributed by atoms with Crippen LogP contribution in [0.1, 0.15) is 26.3 Å². The fourth-order valence-corrected chi connectivity index (χ4v) is 1.85. The minimum absolute atomic E-state index is 0.154. The second kappa shape index (κ2) is 7.02. The second-order valence-corrected chi connectivity index (χ2v) is 5.73. The quantitative estimate of drug-likeness (QED) is 0.622. The van der Waals surface area contributed by atoms with Crippen molar-refractivity contribution in [3.8, 4) is 5.75 Å². The summed E-state index contributed by atoms with van der Waals surface area (Å²) in [6, 6.07) is 6.09. The van der Waals surface area contributed by atoms with Crippen LogP contribution in [0.3, 0.4) is 0 Å². The Morgan fingerprint density at radius 3 is 2.62 bits per heavy atom. The highest BCUT2D eigenvalue weighted by Gasteiger charge is 2.22. The monoisotopic (exact) mass is 293 g/mol. The van der Waals surface area contributed by atoms with Gasteiger partial charge in [0.25, 0.3) is 0 Å². The van der Waals surface area contributed by atoms with Crippen LogP contribution >= 0.6 is 0 Å². The van der Waals surface area contributed by atoms with E-state index in [1.54, 1.807) is 18.2 Å². The summed E-state index contributed by atoms with van der Waals surface area (Å²) in [7, 11) is 1.33. The SMILES string of the molecule is C=C(N[C@@H](Cc1cccc(O)c1)C(=O)OC)OC(C)(C)C. The smallest absolute Gasteiger partial charge is 0.328 e. The summed E-state index contributed by atoms with van der Waals surface area (Å²) in [5, 5.41) is 12.4. The molecule has 0 aliphatic rings. The van der Waals surface area contributed by atoms with Gasteiger partial charge in [0.15, 0.2) is 5.88 Å². The van der Waals surface area contributed by atoms with E-state index in [4.69, 9.17) is 9.47 Å². The molecule has 0 heterocycles. The zero-order valence-corrected chi connectivity index (χ0v) is 13.0. The Morgan fingerprint density at radius 1 is 1.43 bits per heavy atom. The number of carbonyl (C=O) groups excluding carboxylic acids is 1. The third-order valence-corrected chi connectivity index (χ3v) is 2.60. The van der Waals surface area contributed by atoms with Gasteiger partial charge in [0.2, 0.25) is 0 Å². The molecule has 1 aromatic rings. The molecule has 1 rings (SSSR count). The second-order valence-electron chi connectivity index (χ2n) is 5.73. The van der Waals surface area contributed by atoms with Crippen LogP contribution in [0.15, 0.2) is 36.7 Å². The lowest BCUT2D eigenvalue weighted by Gasteiger charge is -2.26. The molecule has 1 aromatic carbocycles. The maximum atomic E-state index is 11.9. The summed E-state index contributed by atoms with van der Waals surface area (Å²) >= 11 is 0. The first-order chi connectivity index (χ1) is 9.71. The van der Waals surface area contributed by atoms with Crippen LogP contribution in [-0.2, 0) is 20.7 Å². The molecule has 1 atom stereocenters. The van der Waals surface area contributed by atoms with Crippen molar-refractivity contribution < 1.29 is 19.4 Å². The van der Waals surface area contributed by atoms with E-state index in [1.165, 1.54) is 7.11 Å². The van der Waals surface area contributed by atoms with E-state index in [1.807, 2.05) is 26.8 Å². The number of esters is 1. The van der Waals surface area contributed by atoms with Gasteiger partial charge in [-0.05, 0) is 45.0 Å². The number of methoxy groups -OCH3 is 1. The van der Waals surface area contributed by atoms with E-state index in [-0.39, 0.29) is 5.75 Å². The third kappa shape index (κ3) is 6.21. The van der Waals surface area contributed by atoms with Crippen LogP contribution in [0.4, 0.5) is 0 Å². The lowest BCUT2D eigenvalue weighted by atomic mass is 10.1. The lowest BCUT2D eigenvalue weighted by molar-refractivity contribution is -0.143. The molecule has 0 bridgehead atoms. The number of rotatable bonds is 6. The molecule has 0 spiro atoms. The molecular formula is C16H23NO4. The molecule has 5 nitrogen and oxygen atoms in total. The average Bonchev–Trinajstić information content (AvgIpc) is 2.34. The van der Waals surface area contributed by atoms with Gasteiger partial charge in [-0.1, -0.05) is 12.1 Å². The summed E-state index contributed by atoms with van der Waals surface area (Å²) < 4.78 is 10.3. The molecular weight excluding hydrogens is 270 g/mol. The van der Waals surface area contributed by atoms with E-state index >= 15 is 0 Å². The molecule has 5 heteroatoms. The predicted octanol–water partition coefficient (Wildman–Crippen LogP) is 2.35. The first-order valence-electron chi connectivity index (χ1n) is 6.71. The number of hydrogen-bond donors (Lipinski definition) is 2. The lowest BCUT2D eigenvalue weighted by Crippen LogP contribution is -2.40. The standard InChI is InChI=1S/C16H23NO4/c1-11(21-16(2,3)4)17-14(15(19)20-5)10-12-7-6-8-13(18)9-12/h6-9,14,17-18H,1,10H2,2-5H3/t14-/m0/s1. The van der Waals surface area contributed by atoms with Gasteiger partial charge in [0.05, 0.1) is 7.11 Å². The van der Waals surface area contributed by atoms with Crippen LogP contribution in [0.2, 0.25) is 0 Å². The van der Waals surface area contributed by atoms with Crippen LogP contribution in [0.5, 0.6) is 5.75 Å². The summed E-state index contributed by atoms with van der Waals surface area (Å²) in [5.74, 6) is 0.0379. The maximum absolute atomic E-state index is 11.9. The van der Waals surface area contributed by atoms with Gasteiger partial charge in [-0.3, -0.25) is 0 Å². The molecule has 0 aliphatic carbocycles. The van der Waals surface area contributed by atoms with Gasteiger partial charge in [-0.25, -0.2) is 4.79 Å². The van der Waals surface area contributed by atoms with E-state index in [0.717, 1.165) is 5.56 Å². The van der Waals surface area contributed by atoms with Gasteiger partial charge >= 0.3 is 5.97 Å². The molecule has 0 aromatic heterocycles. The minimum Gasteiger partial charge on any atom is -0.508 e. The van der Waals surface area contributed by atoms with Gasteiger partial charge in [0.1, 0.15) is 17.4 Å². The predicted molar refractivity (Wildman–Crippen MR) is 80.7 cm³/mol. The normalized spacial score (nSPS) is 12.4. The van der Waals surface area contributed by atoms with Crippen LogP contribution in [0, 0.1) is 0 Å². The topological polar surface area (TPSA) is 67.8 Å². The number of nitrogens with one attached hydrogen (secondary N) is 1. The van der Waals surface area contributed by atoms with Crippen molar-refractivity contribution >= 4 is 5.97 Å². The summed E-state index contributed by atoms with van der Waals surface area (Å²) in [5.41, 5.74) is 0.400. The molecule has 0 radical (unpaired) electrons. The number of carbonyl (C=O) groups is 1. The fraction of sp³-hybridized carbons (Fsp3) is 0.438. The summed E-state index contributed by atoms with van der Waals surface area (Å²) in [4.78, 5) is 11.9. The Kier molecular flexibility index (Phi) is 5.64. The van der Waals surface area contributed by atoms with Gasteiger partial charge in [-0.2, -0.15) is 0 Å². The molecule has 2 N–H and O–H groups in total. The van der Waals surface area contributed by atoms with Gasteiger partial charge in [-0.15, -0.1) is 0 Å². The van der Waals surface area contributed by atoms with E-state index in [2.05, 4.69) is 11.9 Å². The zero-order valence-electron chi connectivity index (χ0n) is 13.0. The van der Waals surface area contributed by atoms with Crippen molar-refractivity contribution in [1.82, 2.24) is 5.32 Å². The van der Waals surface area contributed by atoms with Gasteiger partial charge in [0, 0.05) is 6.42 Å². The highest BCUT2D eigenvalue weighted by molar-refractivity contribution is 5.76. The molecule has 0 fully saturated rings. The number of ether oxygens (including phenoxy) is 2. The van der Waals surface area contributed by atoms with E-state index < -0.39 is 17.6 Å². The Labute approximate surface area is 125 Å². The molecule has 116 valence electrons. The average molecular weight is 293 g/mol. The Bertz CT molecular complexity index is 505. The maximum Gasteiger partial charge on any atom is 0.328 e. The molecule has 0 aliphatic heterocycles. The number of hydrogen-bond acceptors (Lipinski definition) is 5. The van der Waals surface area contributed by atoms with E-state index in [0.29, 0.717) is 12.3 Å². The summed E-state index contributed by atoms with van der Waals surface area (Å²) in [6.07, 6.45) is 0.355. The third-order valence-electron chi connectivity index (χ3n) is 2.60. The zero-order chi connectivity index (χ0) is 16.0. The van der Waals surface area contributed by atoms with Crippen LogP contribution in [-0.4, -0.2) is 29.8 Å². The Balaban J connectivity index is 2.77. The Morgan fingerprint density at radius 2 is 2.10 bits per heavy atom. The fourth-order valence-electron chi connectivity index (χ4n) is 1.85. The molecule has 0 unspecified atom stereocenters. The van der Waals surface area contributed by atoms with Crippen molar-refractivity contribution in [3.05, 3.63) is 42.3 Å². The highest BCUT2D eigenvalue weighted by atomic mass is 16.5. The highest BCUT2D eigenvalue weighted by Crippen LogP contribution is 2.15. The largest absolute Gasteiger partial charge is 0.508 e. The number of aromatic hydroxyl groups is 1. The number of phenols is 1.